The van der Waals surface area contributed by atoms with Crippen molar-refractivity contribution in [3.05, 3.63) is 388 Å². The molecule has 16 aromatic rings. The standard InChI is InChI=1S/C90H64BN3Si2/c1-9-30-65(31-10-1)66-52-54-69(55-53-66)94-88-63-70(93-84-50-27-25-46-80(84)81-47-26-28-51-85(81)93)62-87-89(88)91(82-49-29-48-79(90(82)94)67-32-11-2-12-33-67)83-64-78(96(74-40-19-6-20-41-74,75-42-21-7-22-43-75)76-44-23-8-24-45-76)60-61-86(83)92(87)68-56-58-77(59-57-68)95(71-34-13-3-14-35-71,72-36-15-4-16-37-72)73-38-17-5-18-39-73/h1-64H. The molecule has 0 fully saturated rings. The monoisotopic (exact) mass is 1250 g/mol. The van der Waals surface area contributed by atoms with Crippen molar-refractivity contribution >= 4 is 137 Å². The zero-order valence-corrected chi connectivity index (χ0v) is 54.9. The Labute approximate surface area is 563 Å². The quantitative estimate of drug-likeness (QED) is 0.0842. The summed E-state index contributed by atoms with van der Waals surface area (Å²) in [5.41, 5.74) is 18.7. The Morgan fingerprint density at radius 2 is 0.594 bits per heavy atom. The molecule has 96 heavy (non-hydrogen) atoms. The van der Waals surface area contributed by atoms with Gasteiger partial charge in [-0.25, -0.2) is 0 Å². The molecule has 0 saturated heterocycles. The number of hydrogen-bond acceptors (Lipinski definition) is 2. The lowest BCUT2D eigenvalue weighted by Gasteiger charge is -2.46. The van der Waals surface area contributed by atoms with Crippen molar-refractivity contribution in [3.63, 3.8) is 0 Å². The summed E-state index contributed by atoms with van der Waals surface area (Å²) in [5, 5.41) is 13.1. The molecule has 0 saturated carbocycles. The van der Waals surface area contributed by atoms with Gasteiger partial charge in [-0.3, -0.25) is 0 Å². The van der Waals surface area contributed by atoms with Gasteiger partial charge in [-0.15, -0.1) is 0 Å². The van der Waals surface area contributed by atoms with Crippen molar-refractivity contribution in [3.8, 4) is 27.9 Å². The highest BCUT2D eigenvalue weighted by molar-refractivity contribution is 7.20. The Morgan fingerprint density at radius 3 is 1.07 bits per heavy atom. The number of anilines is 6. The van der Waals surface area contributed by atoms with Crippen molar-refractivity contribution in [1.82, 2.24) is 4.57 Å². The third-order valence-corrected chi connectivity index (χ3v) is 30.0. The molecule has 0 radical (unpaired) electrons. The van der Waals surface area contributed by atoms with E-state index in [2.05, 4.69) is 403 Å². The van der Waals surface area contributed by atoms with Crippen molar-refractivity contribution in [2.75, 3.05) is 9.80 Å². The molecule has 0 aliphatic carbocycles. The Bertz CT molecular complexity index is 5260. The smallest absolute Gasteiger partial charge is 0.252 e. The molecule has 0 atom stereocenters. The summed E-state index contributed by atoms with van der Waals surface area (Å²) < 4.78 is 2.52. The second-order valence-corrected chi connectivity index (χ2v) is 33.0. The summed E-state index contributed by atoms with van der Waals surface area (Å²) >= 11 is 0. The first-order valence-corrected chi connectivity index (χ1v) is 37.3. The van der Waals surface area contributed by atoms with Gasteiger partial charge in [-0.05, 0) is 129 Å². The van der Waals surface area contributed by atoms with Gasteiger partial charge in [0.15, 0.2) is 16.1 Å². The van der Waals surface area contributed by atoms with Crippen LogP contribution in [0.2, 0.25) is 0 Å². The minimum atomic E-state index is -3.10. The Balaban J connectivity index is 0.974. The van der Waals surface area contributed by atoms with Crippen LogP contribution in [0.3, 0.4) is 0 Å². The van der Waals surface area contributed by atoms with Crippen molar-refractivity contribution in [2.45, 2.75) is 0 Å². The minimum Gasteiger partial charge on any atom is -0.311 e. The van der Waals surface area contributed by atoms with Crippen LogP contribution in [0.1, 0.15) is 0 Å². The van der Waals surface area contributed by atoms with Crippen LogP contribution in [-0.2, 0) is 0 Å². The van der Waals surface area contributed by atoms with E-state index in [9.17, 15) is 0 Å². The van der Waals surface area contributed by atoms with Crippen LogP contribution in [0.25, 0.3) is 49.7 Å². The molecule has 0 N–H and O–H groups in total. The van der Waals surface area contributed by atoms with Gasteiger partial charge in [-0.2, -0.15) is 0 Å². The van der Waals surface area contributed by atoms with E-state index in [4.69, 9.17) is 0 Å². The maximum atomic E-state index is 2.66. The molecular formula is C90H64BN3Si2. The third kappa shape index (κ3) is 9.01. The first kappa shape index (κ1) is 56.9. The van der Waals surface area contributed by atoms with Gasteiger partial charge in [0.25, 0.3) is 6.71 Å². The Hall–Kier alpha value is -11.8. The summed E-state index contributed by atoms with van der Waals surface area (Å²) in [4.78, 5) is 5.25. The second kappa shape index (κ2) is 23.6. The highest BCUT2D eigenvalue weighted by Crippen LogP contribution is 2.49. The highest BCUT2D eigenvalue weighted by Gasteiger charge is 2.48. The summed E-state index contributed by atoms with van der Waals surface area (Å²) in [6.45, 7) is -0.213. The fourth-order valence-electron chi connectivity index (χ4n) is 16.4. The lowest BCUT2D eigenvalue weighted by molar-refractivity contribution is 1.16. The topological polar surface area (TPSA) is 11.4 Å². The fourth-order valence-corrected chi connectivity index (χ4v) is 25.9. The molecular weight excluding hydrogens is 1190 g/mol. The molecule has 0 bridgehead atoms. The van der Waals surface area contributed by atoms with E-state index in [1.165, 1.54) is 96.6 Å². The van der Waals surface area contributed by atoms with Gasteiger partial charge in [-0.1, -0.05) is 334 Å². The van der Waals surface area contributed by atoms with E-state index in [0.717, 1.165) is 45.2 Å². The third-order valence-electron chi connectivity index (χ3n) is 20.5. The number of nitrogens with zero attached hydrogens (tertiary/aromatic N) is 3. The zero-order valence-electron chi connectivity index (χ0n) is 52.9. The van der Waals surface area contributed by atoms with Crippen molar-refractivity contribution in [2.24, 2.45) is 0 Å². The molecule has 3 heterocycles. The van der Waals surface area contributed by atoms with Gasteiger partial charge in [0.1, 0.15) is 0 Å². The van der Waals surface area contributed by atoms with E-state index in [1.807, 2.05) is 0 Å². The number of hydrogen-bond donors (Lipinski definition) is 0. The minimum absolute atomic E-state index is 0.213. The number of para-hydroxylation sites is 3. The molecule has 18 rings (SSSR count). The summed E-state index contributed by atoms with van der Waals surface area (Å²) in [7, 11) is -6.02. The summed E-state index contributed by atoms with van der Waals surface area (Å²) in [5.74, 6) is 0. The van der Waals surface area contributed by atoms with Crippen LogP contribution in [0.4, 0.5) is 34.1 Å². The Morgan fingerprint density at radius 1 is 0.229 bits per heavy atom. The molecule has 0 amide bonds. The number of rotatable bonds is 13. The molecule has 3 nitrogen and oxygen atoms in total. The number of aromatic nitrogens is 1. The van der Waals surface area contributed by atoms with E-state index in [0.29, 0.717) is 0 Å². The van der Waals surface area contributed by atoms with Crippen molar-refractivity contribution < 1.29 is 0 Å². The second-order valence-electron chi connectivity index (χ2n) is 25.4. The van der Waals surface area contributed by atoms with Gasteiger partial charge >= 0.3 is 0 Å². The molecule has 450 valence electrons. The van der Waals surface area contributed by atoms with Crippen LogP contribution in [0.15, 0.2) is 388 Å². The average molecular weight is 1250 g/mol. The van der Waals surface area contributed by atoms with E-state index >= 15 is 0 Å². The summed E-state index contributed by atoms with van der Waals surface area (Å²) in [6.07, 6.45) is 0. The maximum Gasteiger partial charge on any atom is 0.252 e. The van der Waals surface area contributed by atoms with E-state index < -0.39 is 16.1 Å². The summed E-state index contributed by atoms with van der Waals surface area (Å²) in [6, 6.07) is 147. The first-order chi connectivity index (χ1) is 47.7. The first-order valence-electron chi connectivity index (χ1n) is 33.3. The molecule has 2 aliphatic heterocycles. The van der Waals surface area contributed by atoms with Crippen LogP contribution >= 0.6 is 0 Å². The lowest BCUT2D eigenvalue weighted by Crippen LogP contribution is -2.75. The predicted octanol–water partition coefficient (Wildman–Crippen LogP) is 15.0. The van der Waals surface area contributed by atoms with Crippen LogP contribution in [0, 0.1) is 0 Å². The van der Waals surface area contributed by atoms with Crippen LogP contribution in [0.5, 0.6) is 0 Å². The molecule has 1 aromatic heterocycles. The van der Waals surface area contributed by atoms with Gasteiger partial charge in [0, 0.05) is 50.5 Å². The van der Waals surface area contributed by atoms with Crippen LogP contribution < -0.4 is 67.7 Å². The Kier molecular flexibility index (Phi) is 14.0. The van der Waals surface area contributed by atoms with Crippen molar-refractivity contribution in [1.29, 1.82) is 0 Å². The number of fused-ring (bicyclic) bond motifs is 7. The normalized spacial score (nSPS) is 12.5. The number of benzene rings is 15. The van der Waals surface area contributed by atoms with E-state index in [-0.39, 0.29) is 6.71 Å². The van der Waals surface area contributed by atoms with Gasteiger partial charge in [0.2, 0.25) is 0 Å². The molecule has 0 unspecified atom stereocenters. The molecule has 2 aliphatic rings. The molecule has 6 heteroatoms. The fraction of sp³-hybridized carbons (Fsp3) is 0. The maximum absolute atomic E-state index is 3.10. The van der Waals surface area contributed by atoms with E-state index in [1.54, 1.807) is 0 Å². The highest BCUT2D eigenvalue weighted by atomic mass is 28.3. The van der Waals surface area contributed by atoms with Crippen LogP contribution in [-0.4, -0.2) is 27.4 Å². The SMILES string of the molecule is c1ccc(-c2ccc(N3c4cc(-n5c6ccccc6c6ccccc65)cc5c4B(c4cc([Si](c6ccccc6)(c6ccccc6)c6ccccc6)ccc4N5c4ccc([Si](c5ccccc5)(c5ccccc5)c5ccccc5)cc4)c4cccc(-c5ccccc5)c43)cc2)cc1. The van der Waals surface area contributed by atoms with Gasteiger partial charge in [0.05, 0.1) is 16.7 Å². The molecule has 15 aromatic carbocycles. The largest absolute Gasteiger partial charge is 0.311 e. The van der Waals surface area contributed by atoms with Gasteiger partial charge < -0.3 is 14.4 Å². The predicted molar refractivity (Wildman–Crippen MR) is 413 cm³/mol. The average Bonchev–Trinajstić information content (AvgIpc) is 0.938. The lowest BCUT2D eigenvalue weighted by atomic mass is 9.33. The molecule has 0 spiro atoms. The zero-order chi connectivity index (χ0) is 63.6.